The number of pyridine rings is 1. The number of hydrogen-bond donors (Lipinski definition) is 0. The molecule has 148 valence electrons. The summed E-state index contributed by atoms with van der Waals surface area (Å²) in [4.78, 5) is 21.2. The summed E-state index contributed by atoms with van der Waals surface area (Å²) in [5, 5.41) is 9.60. The Hall–Kier alpha value is -2.35. The normalized spacial score (nSPS) is 17.0. The van der Waals surface area contributed by atoms with E-state index in [0.717, 1.165) is 55.3 Å². The molecule has 2 aromatic rings. The van der Waals surface area contributed by atoms with Crippen LogP contribution in [0.3, 0.4) is 0 Å². The van der Waals surface area contributed by atoms with Gasteiger partial charge in [-0.2, -0.15) is 0 Å². The number of piperazine rings is 1. The zero-order valence-electron chi connectivity index (χ0n) is 16.0. The van der Waals surface area contributed by atoms with Crippen molar-refractivity contribution < 1.29 is 4.79 Å². The van der Waals surface area contributed by atoms with E-state index >= 15 is 0 Å². The van der Waals surface area contributed by atoms with Crippen LogP contribution < -0.4 is 4.90 Å². The van der Waals surface area contributed by atoms with Gasteiger partial charge in [0.15, 0.2) is 5.16 Å². The van der Waals surface area contributed by atoms with Crippen molar-refractivity contribution in [3.63, 3.8) is 0 Å². The number of anilines is 1. The van der Waals surface area contributed by atoms with Crippen LogP contribution >= 0.6 is 11.8 Å². The van der Waals surface area contributed by atoms with Crippen molar-refractivity contribution in [1.29, 1.82) is 0 Å². The highest BCUT2D eigenvalue weighted by molar-refractivity contribution is 7.99. The first-order valence-electron chi connectivity index (χ1n) is 9.87. The van der Waals surface area contributed by atoms with Crippen molar-refractivity contribution >= 4 is 23.5 Å². The molecular weight excluding hydrogens is 372 g/mol. The number of rotatable bonds is 8. The predicted octanol–water partition coefficient (Wildman–Crippen LogP) is 2.57. The van der Waals surface area contributed by atoms with E-state index in [0.29, 0.717) is 12.3 Å². The van der Waals surface area contributed by atoms with E-state index in [1.165, 1.54) is 12.8 Å². The maximum Gasteiger partial charge on any atom is 0.223 e. The summed E-state index contributed by atoms with van der Waals surface area (Å²) >= 11 is 1.62. The van der Waals surface area contributed by atoms with Crippen molar-refractivity contribution in [2.45, 2.75) is 36.9 Å². The van der Waals surface area contributed by atoms with Crippen molar-refractivity contribution in [1.82, 2.24) is 24.6 Å². The quantitative estimate of drug-likeness (QED) is 0.503. The summed E-state index contributed by atoms with van der Waals surface area (Å²) in [5.74, 6) is 3.54. The molecule has 1 aliphatic carbocycles. The first kappa shape index (κ1) is 19.0. The lowest BCUT2D eigenvalue weighted by molar-refractivity contribution is -0.131. The van der Waals surface area contributed by atoms with Crippen LogP contribution in [0.15, 0.2) is 42.2 Å². The largest absolute Gasteiger partial charge is 0.353 e. The highest BCUT2D eigenvalue weighted by atomic mass is 32.2. The topological polar surface area (TPSA) is 67.2 Å². The Morgan fingerprint density at radius 2 is 2.04 bits per heavy atom. The van der Waals surface area contributed by atoms with Crippen molar-refractivity contribution in [2.75, 3.05) is 36.8 Å². The Bertz CT molecular complexity index is 811. The van der Waals surface area contributed by atoms with E-state index in [1.807, 2.05) is 35.4 Å². The molecule has 0 unspecified atom stereocenters. The van der Waals surface area contributed by atoms with Gasteiger partial charge in [0, 0.05) is 57.0 Å². The number of aromatic nitrogens is 4. The van der Waals surface area contributed by atoms with Crippen LogP contribution in [-0.4, -0.2) is 62.5 Å². The molecule has 8 heteroatoms. The standard InChI is InChI=1S/C20H26N6OS/c1-2-10-26-19(16-6-7-16)22-23-20(26)28-15-8-18(27)25-13-11-24(12-14-25)17-5-3-4-9-21-17/h2-5,9,16H,1,6-8,10-15H2. The summed E-state index contributed by atoms with van der Waals surface area (Å²) in [6.07, 6.45) is 6.61. The van der Waals surface area contributed by atoms with Crippen LogP contribution in [-0.2, 0) is 11.3 Å². The van der Waals surface area contributed by atoms with Crippen LogP contribution in [0.25, 0.3) is 0 Å². The molecule has 7 nitrogen and oxygen atoms in total. The zero-order valence-corrected chi connectivity index (χ0v) is 16.9. The van der Waals surface area contributed by atoms with E-state index in [4.69, 9.17) is 0 Å². The third kappa shape index (κ3) is 4.38. The van der Waals surface area contributed by atoms with Gasteiger partial charge in [0.05, 0.1) is 0 Å². The minimum atomic E-state index is 0.213. The third-order valence-corrected chi connectivity index (χ3v) is 6.12. The maximum absolute atomic E-state index is 12.6. The Labute approximate surface area is 169 Å². The maximum atomic E-state index is 12.6. The molecule has 1 amide bonds. The highest BCUT2D eigenvalue weighted by Crippen LogP contribution is 2.40. The first-order valence-corrected chi connectivity index (χ1v) is 10.9. The number of hydrogen-bond acceptors (Lipinski definition) is 6. The van der Waals surface area contributed by atoms with Gasteiger partial charge in [-0.05, 0) is 25.0 Å². The molecule has 0 aromatic carbocycles. The minimum Gasteiger partial charge on any atom is -0.353 e. The molecule has 0 atom stereocenters. The molecule has 1 aliphatic heterocycles. The van der Waals surface area contributed by atoms with Gasteiger partial charge in [0.2, 0.25) is 5.91 Å². The summed E-state index contributed by atoms with van der Waals surface area (Å²) in [7, 11) is 0. The number of thioether (sulfide) groups is 1. The van der Waals surface area contributed by atoms with Gasteiger partial charge < -0.3 is 14.4 Å². The van der Waals surface area contributed by atoms with Crippen molar-refractivity contribution in [3.8, 4) is 0 Å². The van der Waals surface area contributed by atoms with Crippen LogP contribution in [0.1, 0.15) is 31.0 Å². The molecule has 0 radical (unpaired) electrons. The Morgan fingerprint density at radius 1 is 1.21 bits per heavy atom. The van der Waals surface area contributed by atoms with E-state index in [-0.39, 0.29) is 5.91 Å². The number of carbonyl (C=O) groups is 1. The Balaban J connectivity index is 1.25. The Morgan fingerprint density at radius 3 is 2.71 bits per heavy atom. The molecule has 0 bridgehead atoms. The van der Waals surface area contributed by atoms with Gasteiger partial charge in [0.1, 0.15) is 11.6 Å². The smallest absolute Gasteiger partial charge is 0.223 e. The fraction of sp³-hybridized carbons (Fsp3) is 0.500. The average molecular weight is 399 g/mol. The van der Waals surface area contributed by atoms with Crippen LogP contribution in [0.4, 0.5) is 5.82 Å². The number of allylic oxidation sites excluding steroid dienone is 1. The van der Waals surface area contributed by atoms with Crippen molar-refractivity contribution in [3.05, 3.63) is 42.9 Å². The predicted molar refractivity (Wildman–Crippen MR) is 111 cm³/mol. The summed E-state index contributed by atoms with van der Waals surface area (Å²) in [6, 6.07) is 5.94. The fourth-order valence-corrected chi connectivity index (χ4v) is 4.35. The lowest BCUT2D eigenvalue weighted by Gasteiger charge is -2.35. The Kier molecular flexibility index (Phi) is 5.95. The summed E-state index contributed by atoms with van der Waals surface area (Å²) in [6.45, 7) is 7.72. The monoisotopic (exact) mass is 398 g/mol. The van der Waals surface area contributed by atoms with Gasteiger partial charge in [-0.15, -0.1) is 16.8 Å². The molecule has 2 aromatic heterocycles. The van der Waals surface area contributed by atoms with Crippen LogP contribution in [0.5, 0.6) is 0 Å². The summed E-state index contributed by atoms with van der Waals surface area (Å²) in [5.41, 5.74) is 0. The molecule has 1 saturated carbocycles. The summed E-state index contributed by atoms with van der Waals surface area (Å²) < 4.78 is 2.14. The second-order valence-corrected chi connectivity index (χ2v) is 8.23. The molecule has 2 fully saturated rings. The fourth-order valence-electron chi connectivity index (χ4n) is 3.46. The van der Waals surface area contributed by atoms with Gasteiger partial charge >= 0.3 is 0 Å². The molecule has 4 rings (SSSR count). The van der Waals surface area contributed by atoms with E-state index in [1.54, 1.807) is 11.8 Å². The number of nitrogens with zero attached hydrogens (tertiary/aromatic N) is 6. The molecule has 2 aliphatic rings. The third-order valence-electron chi connectivity index (χ3n) is 5.15. The van der Waals surface area contributed by atoms with E-state index in [2.05, 4.69) is 31.2 Å². The average Bonchev–Trinajstić information content (AvgIpc) is 3.51. The lowest BCUT2D eigenvalue weighted by atomic mass is 10.3. The second kappa shape index (κ2) is 8.77. The molecule has 1 saturated heterocycles. The molecule has 0 spiro atoms. The van der Waals surface area contributed by atoms with E-state index in [9.17, 15) is 4.79 Å². The second-order valence-electron chi connectivity index (χ2n) is 7.17. The van der Waals surface area contributed by atoms with Gasteiger partial charge in [-0.1, -0.05) is 23.9 Å². The van der Waals surface area contributed by atoms with Crippen LogP contribution in [0, 0.1) is 0 Å². The van der Waals surface area contributed by atoms with Crippen LogP contribution in [0.2, 0.25) is 0 Å². The molecule has 0 N–H and O–H groups in total. The minimum absolute atomic E-state index is 0.213. The number of carbonyl (C=O) groups excluding carboxylic acids is 1. The van der Waals surface area contributed by atoms with Gasteiger partial charge in [-0.25, -0.2) is 4.98 Å². The SMILES string of the molecule is C=CCn1c(SCCC(=O)N2CCN(c3ccccn3)CC2)nnc1C1CC1. The first-order chi connectivity index (χ1) is 13.8. The van der Waals surface area contributed by atoms with Crippen molar-refractivity contribution in [2.24, 2.45) is 0 Å². The molecule has 28 heavy (non-hydrogen) atoms. The zero-order chi connectivity index (χ0) is 19.3. The molecular formula is C20H26N6OS. The van der Waals surface area contributed by atoms with Gasteiger partial charge in [0.25, 0.3) is 0 Å². The van der Waals surface area contributed by atoms with Gasteiger partial charge in [-0.3, -0.25) is 4.79 Å². The molecule has 3 heterocycles. The number of amides is 1. The van der Waals surface area contributed by atoms with E-state index < -0.39 is 0 Å². The highest BCUT2D eigenvalue weighted by Gasteiger charge is 2.30. The lowest BCUT2D eigenvalue weighted by Crippen LogP contribution is -2.49.